The first kappa shape index (κ1) is 22.4. The molecule has 0 saturated carbocycles. The van der Waals surface area contributed by atoms with E-state index in [0.29, 0.717) is 29.6 Å². The average Bonchev–Trinajstić information content (AvgIpc) is 3.52. The molecule has 2 aromatic heterocycles. The Morgan fingerprint density at radius 1 is 0.939 bits per heavy atom. The van der Waals surface area contributed by atoms with E-state index in [2.05, 4.69) is 24.8 Å². The molecule has 1 N–H and O–H groups in total. The van der Waals surface area contributed by atoms with E-state index in [1.54, 1.807) is 6.20 Å². The van der Waals surface area contributed by atoms with Gasteiger partial charge in [-0.25, -0.2) is 9.97 Å². The van der Waals surface area contributed by atoms with Crippen LogP contribution in [0.15, 0.2) is 30.5 Å². The lowest BCUT2D eigenvalue weighted by Gasteiger charge is -2.26. The Morgan fingerprint density at radius 2 is 1.64 bits per heavy atom. The Labute approximate surface area is 198 Å². The minimum atomic E-state index is 0.489. The summed E-state index contributed by atoms with van der Waals surface area (Å²) >= 11 is 6.40. The van der Waals surface area contributed by atoms with Gasteiger partial charge in [0.2, 0.25) is 0 Å². The van der Waals surface area contributed by atoms with Crippen molar-refractivity contribution in [2.45, 2.75) is 12.8 Å². The number of hydrogen-bond donors (Lipinski definition) is 1. The molecule has 0 spiro atoms. The largest absolute Gasteiger partial charge is 0.492 e. The second-order valence-corrected chi connectivity index (χ2v) is 8.85. The molecule has 2 saturated heterocycles. The summed E-state index contributed by atoms with van der Waals surface area (Å²) in [5, 5.41) is 0.489. The third-order valence-electron chi connectivity index (χ3n) is 6.19. The van der Waals surface area contributed by atoms with Crippen molar-refractivity contribution in [3.63, 3.8) is 0 Å². The lowest BCUT2D eigenvalue weighted by molar-refractivity contribution is 0.0322. The van der Waals surface area contributed by atoms with Crippen molar-refractivity contribution in [3.8, 4) is 22.9 Å². The van der Waals surface area contributed by atoms with E-state index in [4.69, 9.17) is 25.8 Å². The fourth-order valence-corrected chi connectivity index (χ4v) is 4.50. The number of rotatable bonds is 9. The summed E-state index contributed by atoms with van der Waals surface area (Å²) in [5.41, 5.74) is 2.27. The first-order valence-electron chi connectivity index (χ1n) is 11.7. The van der Waals surface area contributed by atoms with Gasteiger partial charge in [0.25, 0.3) is 0 Å². The summed E-state index contributed by atoms with van der Waals surface area (Å²) in [4.78, 5) is 17.1. The van der Waals surface area contributed by atoms with Crippen molar-refractivity contribution in [1.82, 2.24) is 24.8 Å². The number of aromatic nitrogens is 3. The lowest BCUT2D eigenvalue weighted by atomic mass is 10.2. The second-order valence-electron chi connectivity index (χ2n) is 8.44. The molecule has 0 amide bonds. The SMILES string of the molecule is Clc1cnc2nc(-c3ccc(OCCN4CCOCC4)cc3)[nH]c2c1OCCN1CCCC1. The molecule has 4 heterocycles. The molecule has 0 unspecified atom stereocenters. The highest BCUT2D eigenvalue weighted by Crippen LogP contribution is 2.33. The van der Waals surface area contributed by atoms with E-state index < -0.39 is 0 Å². The minimum Gasteiger partial charge on any atom is -0.492 e. The van der Waals surface area contributed by atoms with Crippen molar-refractivity contribution in [1.29, 1.82) is 0 Å². The van der Waals surface area contributed by atoms with Gasteiger partial charge in [0.1, 0.15) is 35.3 Å². The van der Waals surface area contributed by atoms with Crippen molar-refractivity contribution in [2.24, 2.45) is 0 Å². The number of imidazole rings is 1. The van der Waals surface area contributed by atoms with Crippen molar-refractivity contribution in [2.75, 3.05) is 65.7 Å². The number of pyridine rings is 1. The molecular formula is C24H30ClN5O3. The van der Waals surface area contributed by atoms with Crippen LogP contribution in [0.3, 0.4) is 0 Å². The summed E-state index contributed by atoms with van der Waals surface area (Å²) < 4.78 is 17.4. The van der Waals surface area contributed by atoms with Gasteiger partial charge in [-0.1, -0.05) is 11.6 Å². The number of nitrogens with one attached hydrogen (secondary N) is 1. The zero-order chi connectivity index (χ0) is 22.5. The molecule has 0 bridgehead atoms. The van der Waals surface area contributed by atoms with Gasteiger partial charge in [-0.3, -0.25) is 9.80 Å². The smallest absolute Gasteiger partial charge is 0.182 e. The van der Waals surface area contributed by atoms with Gasteiger partial charge in [-0.05, 0) is 50.2 Å². The molecule has 2 aliphatic rings. The van der Waals surface area contributed by atoms with E-state index in [1.165, 1.54) is 12.8 Å². The average molecular weight is 472 g/mol. The minimum absolute atomic E-state index is 0.489. The molecule has 1 aromatic carbocycles. The van der Waals surface area contributed by atoms with E-state index in [9.17, 15) is 0 Å². The van der Waals surface area contributed by atoms with Crippen LogP contribution in [0, 0.1) is 0 Å². The highest BCUT2D eigenvalue weighted by molar-refractivity contribution is 6.32. The molecule has 2 aliphatic heterocycles. The fraction of sp³-hybridized carbons (Fsp3) is 0.500. The Kier molecular flexibility index (Phi) is 7.26. The van der Waals surface area contributed by atoms with Gasteiger partial charge in [-0.2, -0.15) is 0 Å². The quantitative estimate of drug-likeness (QED) is 0.512. The molecule has 0 atom stereocenters. The van der Waals surface area contributed by atoms with Gasteiger partial charge in [0.15, 0.2) is 11.4 Å². The number of aromatic amines is 1. The standard InChI is InChI=1S/C24H30ClN5O3/c25-20-17-26-24-21(22(20)33-16-12-29-7-1-2-8-29)27-23(28-24)18-3-5-19(6-4-18)32-15-11-30-9-13-31-14-10-30/h3-6,17H,1-2,7-16H2,(H,26,27,28). The maximum Gasteiger partial charge on any atom is 0.182 e. The number of nitrogens with zero attached hydrogens (tertiary/aromatic N) is 4. The van der Waals surface area contributed by atoms with E-state index in [-0.39, 0.29) is 0 Å². The maximum atomic E-state index is 6.40. The molecular weight excluding hydrogens is 442 g/mol. The zero-order valence-electron chi connectivity index (χ0n) is 18.8. The Hall–Kier alpha value is -2.39. The van der Waals surface area contributed by atoms with Crippen LogP contribution in [0.25, 0.3) is 22.6 Å². The first-order chi connectivity index (χ1) is 16.3. The van der Waals surface area contributed by atoms with Gasteiger partial charge in [0.05, 0.1) is 19.4 Å². The molecule has 8 nitrogen and oxygen atoms in total. The number of morpholine rings is 1. The number of H-pyrrole nitrogens is 1. The zero-order valence-corrected chi connectivity index (χ0v) is 19.5. The summed E-state index contributed by atoms with van der Waals surface area (Å²) in [6, 6.07) is 7.93. The Balaban J connectivity index is 1.22. The topological polar surface area (TPSA) is 75.7 Å². The molecule has 2 fully saturated rings. The summed E-state index contributed by atoms with van der Waals surface area (Å²) in [7, 11) is 0. The highest BCUT2D eigenvalue weighted by atomic mass is 35.5. The van der Waals surface area contributed by atoms with Crippen molar-refractivity contribution in [3.05, 3.63) is 35.5 Å². The monoisotopic (exact) mass is 471 g/mol. The van der Waals surface area contributed by atoms with Crippen molar-refractivity contribution >= 4 is 22.8 Å². The van der Waals surface area contributed by atoms with Crippen LogP contribution in [-0.4, -0.2) is 90.4 Å². The summed E-state index contributed by atoms with van der Waals surface area (Å²) in [6.45, 7) is 8.87. The molecule has 176 valence electrons. The van der Waals surface area contributed by atoms with Gasteiger partial charge in [-0.15, -0.1) is 0 Å². The maximum absolute atomic E-state index is 6.40. The Morgan fingerprint density at radius 3 is 2.39 bits per heavy atom. The summed E-state index contributed by atoms with van der Waals surface area (Å²) in [5.74, 6) is 2.18. The molecule has 9 heteroatoms. The number of ether oxygens (including phenoxy) is 3. The summed E-state index contributed by atoms with van der Waals surface area (Å²) in [6.07, 6.45) is 4.13. The molecule has 5 rings (SSSR count). The number of likely N-dealkylation sites (tertiary alicyclic amines) is 1. The predicted octanol–water partition coefficient (Wildman–Crippen LogP) is 3.46. The Bertz CT molecular complexity index is 1050. The van der Waals surface area contributed by atoms with Gasteiger partial charge in [0, 0.05) is 31.7 Å². The van der Waals surface area contributed by atoms with Crippen LogP contribution in [0.4, 0.5) is 0 Å². The van der Waals surface area contributed by atoms with Crippen LogP contribution < -0.4 is 9.47 Å². The van der Waals surface area contributed by atoms with E-state index in [1.807, 2.05) is 24.3 Å². The third kappa shape index (κ3) is 5.58. The molecule has 0 radical (unpaired) electrons. The predicted molar refractivity (Wildman–Crippen MR) is 128 cm³/mol. The third-order valence-corrected chi connectivity index (χ3v) is 6.46. The van der Waals surface area contributed by atoms with Crippen molar-refractivity contribution < 1.29 is 14.2 Å². The van der Waals surface area contributed by atoms with Crippen LogP contribution >= 0.6 is 11.6 Å². The number of hydrogen-bond acceptors (Lipinski definition) is 7. The highest BCUT2D eigenvalue weighted by Gasteiger charge is 2.16. The first-order valence-corrected chi connectivity index (χ1v) is 12.1. The van der Waals surface area contributed by atoms with Crippen LogP contribution in [0.5, 0.6) is 11.5 Å². The molecule has 3 aromatic rings. The van der Waals surface area contributed by atoms with Crippen LogP contribution in [0.1, 0.15) is 12.8 Å². The van der Waals surface area contributed by atoms with E-state index in [0.717, 1.165) is 75.1 Å². The number of fused-ring (bicyclic) bond motifs is 1. The fourth-order valence-electron chi connectivity index (χ4n) is 4.30. The molecule has 0 aliphatic carbocycles. The normalized spacial score (nSPS) is 17.6. The second kappa shape index (κ2) is 10.7. The van der Waals surface area contributed by atoms with E-state index >= 15 is 0 Å². The number of benzene rings is 1. The van der Waals surface area contributed by atoms with Gasteiger partial charge >= 0.3 is 0 Å². The van der Waals surface area contributed by atoms with Crippen LogP contribution in [0.2, 0.25) is 5.02 Å². The molecule has 33 heavy (non-hydrogen) atoms. The lowest BCUT2D eigenvalue weighted by Crippen LogP contribution is -2.38. The van der Waals surface area contributed by atoms with Gasteiger partial charge < -0.3 is 19.2 Å². The number of halogens is 1. The van der Waals surface area contributed by atoms with Crippen LogP contribution in [-0.2, 0) is 4.74 Å².